The molecule has 1 aliphatic heterocycles. The normalized spacial score (nSPS) is 14.7. The van der Waals surface area contributed by atoms with Crippen LogP contribution in [0.5, 0.6) is 0 Å². The van der Waals surface area contributed by atoms with Crippen molar-refractivity contribution in [2.75, 3.05) is 13.1 Å². The maximum absolute atomic E-state index is 13.3. The SMILES string of the molecule is CCCn1c(C(=O)N2CC(S(=O)(=O)c3ccc(Cl)cc3)C2)cc2c(=O)n3ccccc3nc21. The van der Waals surface area contributed by atoms with Crippen molar-refractivity contribution in [2.45, 2.75) is 30.0 Å². The number of likely N-dealkylation sites (tertiary alicyclic amines) is 1. The average molecular weight is 485 g/mol. The highest BCUT2D eigenvalue weighted by Gasteiger charge is 2.41. The number of pyridine rings is 1. The largest absolute Gasteiger partial charge is 0.335 e. The molecule has 4 aromatic rings. The van der Waals surface area contributed by atoms with Crippen LogP contribution in [-0.4, -0.2) is 51.5 Å². The third-order valence-electron chi connectivity index (χ3n) is 5.96. The lowest BCUT2D eigenvalue weighted by Crippen LogP contribution is -2.57. The lowest BCUT2D eigenvalue weighted by atomic mass is 10.2. The molecule has 0 radical (unpaired) electrons. The molecule has 0 spiro atoms. The maximum atomic E-state index is 13.3. The summed E-state index contributed by atoms with van der Waals surface area (Å²) >= 11 is 5.86. The minimum Gasteiger partial charge on any atom is -0.335 e. The molecule has 0 atom stereocenters. The third kappa shape index (κ3) is 3.52. The Labute approximate surface area is 194 Å². The molecule has 0 N–H and O–H groups in total. The van der Waals surface area contributed by atoms with E-state index in [0.717, 1.165) is 6.42 Å². The van der Waals surface area contributed by atoms with Gasteiger partial charge in [-0.1, -0.05) is 24.6 Å². The van der Waals surface area contributed by atoms with Gasteiger partial charge in [-0.2, -0.15) is 0 Å². The fourth-order valence-electron chi connectivity index (χ4n) is 4.16. The van der Waals surface area contributed by atoms with Crippen molar-refractivity contribution in [1.29, 1.82) is 0 Å². The van der Waals surface area contributed by atoms with Crippen LogP contribution in [0, 0.1) is 0 Å². The van der Waals surface area contributed by atoms with E-state index in [-0.39, 0.29) is 29.5 Å². The van der Waals surface area contributed by atoms with Crippen molar-refractivity contribution >= 4 is 44.0 Å². The van der Waals surface area contributed by atoms with E-state index in [2.05, 4.69) is 4.98 Å². The Balaban J connectivity index is 1.47. The van der Waals surface area contributed by atoms with Gasteiger partial charge in [-0.3, -0.25) is 14.0 Å². The number of carbonyl (C=O) groups is 1. The highest BCUT2D eigenvalue weighted by atomic mass is 35.5. The Kier molecular flexibility index (Phi) is 5.25. The Morgan fingerprint density at radius 1 is 1.15 bits per heavy atom. The predicted molar refractivity (Wildman–Crippen MR) is 126 cm³/mol. The highest BCUT2D eigenvalue weighted by molar-refractivity contribution is 7.92. The molecule has 1 saturated heterocycles. The van der Waals surface area contributed by atoms with Crippen LogP contribution in [0.4, 0.5) is 0 Å². The van der Waals surface area contributed by atoms with E-state index in [1.807, 2.05) is 6.92 Å². The predicted octanol–water partition coefficient (Wildman–Crippen LogP) is 3.01. The fourth-order valence-corrected chi connectivity index (χ4v) is 5.94. The van der Waals surface area contributed by atoms with Crippen LogP contribution in [0.2, 0.25) is 5.02 Å². The van der Waals surface area contributed by atoms with Crippen molar-refractivity contribution in [3.05, 3.63) is 75.8 Å². The van der Waals surface area contributed by atoms with Crippen molar-refractivity contribution in [3.63, 3.8) is 0 Å². The van der Waals surface area contributed by atoms with Gasteiger partial charge in [0.15, 0.2) is 9.84 Å². The highest BCUT2D eigenvalue weighted by Crippen LogP contribution is 2.27. The van der Waals surface area contributed by atoms with Gasteiger partial charge < -0.3 is 9.47 Å². The number of aromatic nitrogens is 3. The number of hydrogen-bond donors (Lipinski definition) is 0. The van der Waals surface area contributed by atoms with Crippen LogP contribution in [0.15, 0.2) is 64.4 Å². The van der Waals surface area contributed by atoms with E-state index < -0.39 is 15.1 Å². The van der Waals surface area contributed by atoms with Crippen LogP contribution < -0.4 is 5.56 Å². The average Bonchev–Trinajstić information content (AvgIpc) is 3.12. The van der Waals surface area contributed by atoms with Gasteiger partial charge in [-0.15, -0.1) is 0 Å². The van der Waals surface area contributed by atoms with E-state index in [1.165, 1.54) is 33.6 Å². The molecule has 1 aliphatic rings. The standard InChI is InChI=1S/C23H21ClN4O4S/c1-2-10-27-19(12-18-21(27)25-20-5-3-4-11-28(20)22(18)29)23(30)26-13-17(14-26)33(31,32)16-8-6-15(24)7-9-16/h3-9,11-12,17H,2,10,13-14H2,1H3. The molecular formula is C23H21ClN4O4S. The molecule has 0 aliphatic carbocycles. The van der Waals surface area contributed by atoms with E-state index in [0.29, 0.717) is 33.9 Å². The zero-order chi connectivity index (χ0) is 23.3. The van der Waals surface area contributed by atoms with Crippen LogP contribution in [-0.2, 0) is 16.4 Å². The summed E-state index contributed by atoms with van der Waals surface area (Å²) in [4.78, 5) is 32.6. The Bertz CT molecular complexity index is 1550. The van der Waals surface area contributed by atoms with Crippen molar-refractivity contribution in [1.82, 2.24) is 18.9 Å². The number of benzene rings is 1. The lowest BCUT2D eigenvalue weighted by Gasteiger charge is -2.38. The first-order chi connectivity index (χ1) is 15.8. The number of fused-ring (bicyclic) bond motifs is 2. The molecule has 8 nitrogen and oxygen atoms in total. The van der Waals surface area contributed by atoms with Crippen LogP contribution >= 0.6 is 11.6 Å². The summed E-state index contributed by atoms with van der Waals surface area (Å²) in [7, 11) is -3.57. The van der Waals surface area contributed by atoms with Gasteiger partial charge in [0.2, 0.25) is 0 Å². The van der Waals surface area contributed by atoms with Gasteiger partial charge in [0, 0.05) is 30.9 Å². The zero-order valence-corrected chi connectivity index (χ0v) is 19.4. The number of carbonyl (C=O) groups excluding carboxylic acids is 1. The third-order valence-corrected chi connectivity index (χ3v) is 8.32. The molecule has 1 aromatic carbocycles. The quantitative estimate of drug-likeness (QED) is 0.434. The van der Waals surface area contributed by atoms with E-state index >= 15 is 0 Å². The summed E-state index contributed by atoms with van der Waals surface area (Å²) in [6.07, 6.45) is 2.39. The molecule has 4 heterocycles. The summed E-state index contributed by atoms with van der Waals surface area (Å²) in [6.45, 7) is 2.67. The van der Waals surface area contributed by atoms with Crippen molar-refractivity contribution in [2.24, 2.45) is 0 Å². The van der Waals surface area contributed by atoms with Crippen LogP contribution in [0.1, 0.15) is 23.8 Å². The molecule has 0 saturated carbocycles. The summed E-state index contributed by atoms with van der Waals surface area (Å²) in [6, 6.07) is 12.9. The number of amides is 1. The fraction of sp³-hybridized carbons (Fsp3) is 0.261. The lowest BCUT2D eigenvalue weighted by molar-refractivity contribution is 0.0648. The minimum atomic E-state index is -3.57. The second kappa shape index (κ2) is 8.00. The van der Waals surface area contributed by atoms with Crippen LogP contribution in [0.3, 0.4) is 0 Å². The summed E-state index contributed by atoms with van der Waals surface area (Å²) in [5.74, 6) is -0.308. The number of hydrogen-bond acceptors (Lipinski definition) is 5. The van der Waals surface area contributed by atoms with Gasteiger partial charge in [0.1, 0.15) is 22.2 Å². The summed E-state index contributed by atoms with van der Waals surface area (Å²) in [5.41, 5.74) is 1.06. The summed E-state index contributed by atoms with van der Waals surface area (Å²) in [5, 5.41) is 0.139. The Morgan fingerprint density at radius 3 is 2.58 bits per heavy atom. The van der Waals surface area contributed by atoms with Gasteiger partial charge in [-0.25, -0.2) is 13.4 Å². The first-order valence-corrected chi connectivity index (χ1v) is 12.5. The number of halogens is 1. The molecule has 1 amide bonds. The molecule has 3 aromatic heterocycles. The molecule has 170 valence electrons. The smallest absolute Gasteiger partial charge is 0.270 e. The van der Waals surface area contributed by atoms with Crippen LogP contribution in [0.25, 0.3) is 16.7 Å². The van der Waals surface area contributed by atoms with Crippen molar-refractivity contribution < 1.29 is 13.2 Å². The van der Waals surface area contributed by atoms with E-state index in [1.54, 1.807) is 35.0 Å². The molecule has 5 rings (SSSR count). The first-order valence-electron chi connectivity index (χ1n) is 10.6. The monoisotopic (exact) mass is 484 g/mol. The molecule has 1 fully saturated rings. The first kappa shape index (κ1) is 21.7. The number of rotatable bonds is 5. The minimum absolute atomic E-state index is 0.0891. The van der Waals surface area contributed by atoms with Gasteiger partial charge in [0.25, 0.3) is 11.5 Å². The second-order valence-corrected chi connectivity index (χ2v) is 10.8. The van der Waals surface area contributed by atoms with Gasteiger partial charge >= 0.3 is 0 Å². The molecule has 33 heavy (non-hydrogen) atoms. The maximum Gasteiger partial charge on any atom is 0.270 e. The zero-order valence-electron chi connectivity index (χ0n) is 17.8. The molecular weight excluding hydrogens is 464 g/mol. The molecule has 0 unspecified atom stereocenters. The number of nitrogens with zero attached hydrogens (tertiary/aromatic N) is 4. The van der Waals surface area contributed by atoms with E-state index in [9.17, 15) is 18.0 Å². The Hall–Kier alpha value is -3.17. The van der Waals surface area contributed by atoms with Gasteiger partial charge in [-0.05, 0) is 48.9 Å². The second-order valence-electron chi connectivity index (χ2n) is 8.10. The van der Waals surface area contributed by atoms with E-state index in [4.69, 9.17) is 11.6 Å². The summed E-state index contributed by atoms with van der Waals surface area (Å²) < 4.78 is 29.0. The topological polar surface area (TPSA) is 93.8 Å². The molecule has 0 bridgehead atoms. The van der Waals surface area contributed by atoms with Crippen molar-refractivity contribution in [3.8, 4) is 0 Å². The Morgan fingerprint density at radius 2 is 1.88 bits per heavy atom. The number of sulfone groups is 1. The molecule has 10 heteroatoms. The number of aryl methyl sites for hydroxylation is 1. The van der Waals surface area contributed by atoms with Gasteiger partial charge in [0.05, 0.1) is 10.3 Å².